The third-order valence-electron chi connectivity index (χ3n) is 5.30. The van der Waals surface area contributed by atoms with Gasteiger partial charge in [-0.3, -0.25) is 9.59 Å². The summed E-state index contributed by atoms with van der Waals surface area (Å²) >= 11 is 0. The van der Waals surface area contributed by atoms with Crippen LogP contribution in [0.4, 0.5) is 0 Å². The standard InChI is InChI=1S/C23H23NO5/c1-14-5-10-18-17(13-14)21(25)19-20(15-6-8-16(28-3)9-7-15)24(11-4-12-27-2)23(26)22(19)29-18/h5-10,13,20H,4,11-12H2,1-3H3. The molecule has 1 amide bonds. The van der Waals surface area contributed by atoms with Crippen LogP contribution < -0.4 is 10.2 Å². The molecule has 0 radical (unpaired) electrons. The molecule has 1 aliphatic rings. The van der Waals surface area contributed by atoms with Crippen LogP contribution in [0.1, 0.15) is 39.7 Å². The maximum Gasteiger partial charge on any atom is 0.290 e. The second-order valence-electron chi connectivity index (χ2n) is 7.19. The Morgan fingerprint density at radius 1 is 1.07 bits per heavy atom. The molecule has 0 saturated heterocycles. The van der Waals surface area contributed by atoms with Crippen LogP contribution in [0.25, 0.3) is 11.0 Å². The van der Waals surface area contributed by atoms with E-state index >= 15 is 0 Å². The number of aryl methyl sites for hydroxylation is 1. The lowest BCUT2D eigenvalue weighted by Gasteiger charge is -2.25. The van der Waals surface area contributed by atoms with E-state index in [1.807, 2.05) is 43.3 Å². The van der Waals surface area contributed by atoms with E-state index in [4.69, 9.17) is 13.9 Å². The Hall–Kier alpha value is -3.12. The first kappa shape index (κ1) is 19.2. The van der Waals surface area contributed by atoms with E-state index in [1.54, 1.807) is 25.2 Å². The van der Waals surface area contributed by atoms with Crippen LogP contribution in [0.2, 0.25) is 0 Å². The molecule has 0 saturated carbocycles. The maximum absolute atomic E-state index is 13.4. The fourth-order valence-corrected chi connectivity index (χ4v) is 3.88. The fourth-order valence-electron chi connectivity index (χ4n) is 3.88. The highest BCUT2D eigenvalue weighted by molar-refractivity contribution is 5.99. The Kier molecular flexibility index (Phi) is 5.11. The summed E-state index contributed by atoms with van der Waals surface area (Å²) < 4.78 is 16.3. The molecule has 4 rings (SSSR count). The molecule has 3 aromatic rings. The van der Waals surface area contributed by atoms with Gasteiger partial charge in [0.05, 0.1) is 24.1 Å². The van der Waals surface area contributed by atoms with Gasteiger partial charge in [-0.05, 0) is 43.2 Å². The number of rotatable bonds is 6. The molecule has 2 heterocycles. The first-order valence-electron chi connectivity index (χ1n) is 9.56. The molecular weight excluding hydrogens is 370 g/mol. The summed E-state index contributed by atoms with van der Waals surface area (Å²) in [6.45, 7) is 2.91. The maximum atomic E-state index is 13.4. The zero-order chi connectivity index (χ0) is 20.5. The summed E-state index contributed by atoms with van der Waals surface area (Å²) in [6.07, 6.45) is 0.662. The van der Waals surface area contributed by atoms with Crippen molar-refractivity contribution in [3.63, 3.8) is 0 Å². The average molecular weight is 393 g/mol. The molecule has 0 aliphatic carbocycles. The number of fused-ring (bicyclic) bond motifs is 2. The van der Waals surface area contributed by atoms with Crippen LogP contribution in [0.5, 0.6) is 5.75 Å². The van der Waals surface area contributed by atoms with Gasteiger partial charge in [-0.2, -0.15) is 0 Å². The van der Waals surface area contributed by atoms with Gasteiger partial charge in [-0.15, -0.1) is 0 Å². The second kappa shape index (κ2) is 7.72. The van der Waals surface area contributed by atoms with Crippen molar-refractivity contribution in [2.75, 3.05) is 27.4 Å². The molecule has 0 fully saturated rings. The molecule has 150 valence electrons. The number of ether oxygens (including phenoxy) is 2. The quantitative estimate of drug-likeness (QED) is 0.598. The zero-order valence-corrected chi connectivity index (χ0v) is 16.7. The van der Waals surface area contributed by atoms with Gasteiger partial charge in [0, 0.05) is 20.3 Å². The van der Waals surface area contributed by atoms with Gasteiger partial charge in [-0.25, -0.2) is 0 Å². The number of carbonyl (C=O) groups excluding carboxylic acids is 1. The fraction of sp³-hybridized carbons (Fsp3) is 0.304. The Morgan fingerprint density at radius 2 is 1.83 bits per heavy atom. The zero-order valence-electron chi connectivity index (χ0n) is 16.7. The molecule has 1 atom stereocenters. The minimum atomic E-state index is -0.499. The van der Waals surface area contributed by atoms with Crippen molar-refractivity contribution in [1.82, 2.24) is 4.90 Å². The van der Waals surface area contributed by atoms with Crippen molar-refractivity contribution >= 4 is 16.9 Å². The molecule has 6 nitrogen and oxygen atoms in total. The highest BCUT2D eigenvalue weighted by atomic mass is 16.5. The first-order valence-corrected chi connectivity index (χ1v) is 9.56. The number of benzene rings is 2. The Morgan fingerprint density at radius 3 is 2.52 bits per heavy atom. The number of amides is 1. The first-order chi connectivity index (χ1) is 14.0. The van der Waals surface area contributed by atoms with E-state index in [2.05, 4.69) is 0 Å². The summed E-state index contributed by atoms with van der Waals surface area (Å²) in [5.41, 5.74) is 2.48. The Balaban J connectivity index is 1.90. The number of hydrogen-bond donors (Lipinski definition) is 0. The highest BCUT2D eigenvalue weighted by Gasteiger charge is 2.42. The molecular formula is C23H23NO5. The molecule has 0 N–H and O–H groups in total. The Bertz CT molecular complexity index is 1120. The van der Waals surface area contributed by atoms with Gasteiger partial charge in [0.2, 0.25) is 5.76 Å². The van der Waals surface area contributed by atoms with Gasteiger partial charge in [0.1, 0.15) is 11.3 Å². The predicted octanol–water partition coefficient (Wildman–Crippen LogP) is 3.69. The van der Waals surface area contributed by atoms with Crippen molar-refractivity contribution in [3.05, 3.63) is 75.1 Å². The van der Waals surface area contributed by atoms with E-state index in [0.29, 0.717) is 41.9 Å². The molecule has 0 bridgehead atoms. The molecule has 1 unspecified atom stereocenters. The van der Waals surface area contributed by atoms with E-state index in [-0.39, 0.29) is 17.1 Å². The monoisotopic (exact) mass is 393 g/mol. The Labute approximate surface area is 168 Å². The summed E-state index contributed by atoms with van der Waals surface area (Å²) in [5, 5.41) is 0.494. The minimum absolute atomic E-state index is 0.129. The van der Waals surface area contributed by atoms with Gasteiger partial charge >= 0.3 is 0 Å². The minimum Gasteiger partial charge on any atom is -0.497 e. The van der Waals surface area contributed by atoms with E-state index in [9.17, 15) is 9.59 Å². The van der Waals surface area contributed by atoms with E-state index in [0.717, 1.165) is 11.1 Å². The number of carbonyl (C=O) groups is 1. The van der Waals surface area contributed by atoms with Crippen molar-refractivity contribution in [1.29, 1.82) is 0 Å². The largest absolute Gasteiger partial charge is 0.497 e. The lowest BCUT2D eigenvalue weighted by atomic mass is 9.98. The van der Waals surface area contributed by atoms with Crippen LogP contribution >= 0.6 is 0 Å². The molecule has 29 heavy (non-hydrogen) atoms. The van der Waals surface area contributed by atoms with Crippen molar-refractivity contribution in [3.8, 4) is 5.75 Å². The number of hydrogen-bond acceptors (Lipinski definition) is 5. The summed E-state index contributed by atoms with van der Waals surface area (Å²) in [4.78, 5) is 28.3. The van der Waals surface area contributed by atoms with Crippen molar-refractivity contribution in [2.45, 2.75) is 19.4 Å². The summed E-state index contributed by atoms with van der Waals surface area (Å²) in [6, 6.07) is 12.4. The van der Waals surface area contributed by atoms with Gasteiger partial charge in [0.15, 0.2) is 5.43 Å². The molecule has 6 heteroatoms. The normalized spacial score (nSPS) is 15.8. The third kappa shape index (κ3) is 3.29. The van der Waals surface area contributed by atoms with E-state index < -0.39 is 6.04 Å². The highest BCUT2D eigenvalue weighted by Crippen LogP contribution is 2.38. The van der Waals surface area contributed by atoms with Crippen LogP contribution in [0.3, 0.4) is 0 Å². The van der Waals surface area contributed by atoms with Crippen LogP contribution in [-0.2, 0) is 4.74 Å². The topological polar surface area (TPSA) is 69.0 Å². The lowest BCUT2D eigenvalue weighted by Crippen LogP contribution is -2.31. The van der Waals surface area contributed by atoms with Crippen molar-refractivity contribution < 1.29 is 18.7 Å². The number of nitrogens with zero attached hydrogens (tertiary/aromatic N) is 1. The van der Waals surface area contributed by atoms with Crippen molar-refractivity contribution in [2.24, 2.45) is 0 Å². The number of methoxy groups -OCH3 is 2. The third-order valence-corrected chi connectivity index (χ3v) is 5.30. The molecule has 1 aliphatic heterocycles. The van der Waals surface area contributed by atoms with Gasteiger partial charge < -0.3 is 18.8 Å². The summed E-state index contributed by atoms with van der Waals surface area (Å²) in [7, 11) is 3.23. The smallest absolute Gasteiger partial charge is 0.290 e. The van der Waals surface area contributed by atoms with Gasteiger partial charge in [-0.1, -0.05) is 23.8 Å². The molecule has 1 aromatic heterocycles. The van der Waals surface area contributed by atoms with Crippen LogP contribution in [0, 0.1) is 6.92 Å². The molecule has 0 spiro atoms. The summed E-state index contributed by atoms with van der Waals surface area (Å²) in [5.74, 6) is 0.575. The van der Waals surface area contributed by atoms with E-state index in [1.165, 1.54) is 0 Å². The lowest BCUT2D eigenvalue weighted by molar-refractivity contribution is 0.0708. The van der Waals surface area contributed by atoms with Crippen LogP contribution in [0.15, 0.2) is 51.7 Å². The predicted molar refractivity (Wildman–Crippen MR) is 110 cm³/mol. The van der Waals surface area contributed by atoms with Crippen LogP contribution in [-0.4, -0.2) is 38.2 Å². The average Bonchev–Trinajstić information content (AvgIpc) is 3.01. The molecule has 2 aromatic carbocycles. The SMILES string of the molecule is COCCCN1C(=O)c2oc3ccc(C)cc3c(=O)c2C1c1ccc(OC)cc1. The second-order valence-corrected chi connectivity index (χ2v) is 7.19. The van der Waals surface area contributed by atoms with Gasteiger partial charge in [0.25, 0.3) is 5.91 Å².